The van der Waals surface area contributed by atoms with Gasteiger partial charge in [0.2, 0.25) is 0 Å². The van der Waals surface area contributed by atoms with E-state index in [0.717, 1.165) is 24.9 Å². The van der Waals surface area contributed by atoms with Crippen molar-refractivity contribution in [1.82, 2.24) is 5.32 Å². The molecule has 1 aliphatic rings. The Morgan fingerprint density at radius 1 is 1.17 bits per heavy atom. The highest BCUT2D eigenvalue weighted by Gasteiger charge is 2.22. The van der Waals surface area contributed by atoms with Crippen LogP contribution in [-0.4, -0.2) is 19.6 Å². The maximum absolute atomic E-state index is 3.36. The van der Waals surface area contributed by atoms with E-state index >= 15 is 0 Å². The fourth-order valence-electron chi connectivity index (χ4n) is 2.59. The molecule has 0 aliphatic carbocycles. The molecule has 0 bridgehead atoms. The fourth-order valence-corrected chi connectivity index (χ4v) is 2.59. The second-order valence-electron chi connectivity index (χ2n) is 5.64. The number of benzene rings is 1. The molecular weight excluding hydrogens is 220 g/mol. The molecule has 0 amide bonds. The van der Waals surface area contributed by atoms with E-state index in [1.807, 2.05) is 0 Å². The Balaban J connectivity index is 1.97. The summed E-state index contributed by atoms with van der Waals surface area (Å²) >= 11 is 0. The molecule has 1 aromatic carbocycles. The van der Waals surface area contributed by atoms with Crippen molar-refractivity contribution in [1.29, 1.82) is 0 Å². The molecule has 100 valence electrons. The Morgan fingerprint density at radius 2 is 1.89 bits per heavy atom. The predicted octanol–water partition coefficient (Wildman–Crippen LogP) is 3.28. The third kappa shape index (κ3) is 3.26. The van der Waals surface area contributed by atoms with Crippen LogP contribution >= 0.6 is 0 Å². The summed E-state index contributed by atoms with van der Waals surface area (Å²) in [7, 11) is 0. The zero-order valence-electron chi connectivity index (χ0n) is 11.9. The predicted molar refractivity (Wildman–Crippen MR) is 79.0 cm³/mol. The van der Waals surface area contributed by atoms with E-state index in [2.05, 4.69) is 55.3 Å². The molecule has 2 rings (SSSR count). The van der Waals surface area contributed by atoms with E-state index in [4.69, 9.17) is 0 Å². The average molecular weight is 246 g/mol. The topological polar surface area (TPSA) is 15.3 Å². The third-order valence-electron chi connectivity index (χ3n) is 4.21. The lowest BCUT2D eigenvalue weighted by Gasteiger charge is -2.36. The van der Waals surface area contributed by atoms with Crippen LogP contribution in [0.5, 0.6) is 0 Å². The van der Waals surface area contributed by atoms with E-state index in [0.29, 0.717) is 0 Å². The first kappa shape index (κ1) is 13.4. The summed E-state index contributed by atoms with van der Waals surface area (Å²) in [5, 5.41) is 3.36. The van der Waals surface area contributed by atoms with E-state index in [9.17, 15) is 0 Å². The highest BCUT2D eigenvalue weighted by atomic mass is 15.1. The largest absolute Gasteiger partial charge is 0.371 e. The number of piperidine rings is 1. The highest BCUT2D eigenvalue weighted by molar-refractivity contribution is 5.48. The van der Waals surface area contributed by atoms with Crippen molar-refractivity contribution in [2.24, 2.45) is 11.8 Å². The van der Waals surface area contributed by atoms with Crippen LogP contribution in [0.2, 0.25) is 0 Å². The number of hydrogen-bond acceptors (Lipinski definition) is 2. The minimum atomic E-state index is 0.806. The number of nitrogens with one attached hydrogen (secondary N) is 1. The molecule has 1 heterocycles. The summed E-state index contributed by atoms with van der Waals surface area (Å²) < 4.78 is 0. The smallest absolute Gasteiger partial charge is 0.0366 e. The molecule has 0 aromatic heterocycles. The SMILES string of the molecule is CCNCc1ccc(N2CCC(C)C(C)C2)cc1. The van der Waals surface area contributed by atoms with Crippen LogP contribution in [0.3, 0.4) is 0 Å². The molecule has 1 aliphatic heterocycles. The van der Waals surface area contributed by atoms with Crippen LogP contribution in [0, 0.1) is 11.8 Å². The molecule has 2 unspecified atom stereocenters. The number of rotatable bonds is 4. The molecule has 2 atom stereocenters. The van der Waals surface area contributed by atoms with Gasteiger partial charge in [-0.1, -0.05) is 32.9 Å². The summed E-state index contributed by atoms with van der Waals surface area (Å²) in [6.07, 6.45) is 1.32. The molecular formula is C16H26N2. The van der Waals surface area contributed by atoms with Crippen LogP contribution in [0.15, 0.2) is 24.3 Å². The number of hydrogen-bond donors (Lipinski definition) is 1. The zero-order valence-corrected chi connectivity index (χ0v) is 11.9. The Morgan fingerprint density at radius 3 is 2.50 bits per heavy atom. The third-order valence-corrected chi connectivity index (χ3v) is 4.21. The lowest BCUT2D eigenvalue weighted by Crippen LogP contribution is -2.38. The van der Waals surface area contributed by atoms with Crippen molar-refractivity contribution in [3.05, 3.63) is 29.8 Å². The van der Waals surface area contributed by atoms with Crippen molar-refractivity contribution in [2.45, 2.75) is 33.7 Å². The fraction of sp³-hybridized carbons (Fsp3) is 0.625. The van der Waals surface area contributed by atoms with Crippen molar-refractivity contribution >= 4 is 5.69 Å². The molecule has 0 radical (unpaired) electrons. The Hall–Kier alpha value is -1.02. The molecule has 1 fully saturated rings. The van der Waals surface area contributed by atoms with Crippen LogP contribution in [0.1, 0.15) is 32.8 Å². The Bertz CT molecular complexity index is 358. The van der Waals surface area contributed by atoms with Gasteiger partial charge in [0.05, 0.1) is 0 Å². The first-order valence-corrected chi connectivity index (χ1v) is 7.25. The molecule has 0 spiro atoms. The van der Waals surface area contributed by atoms with Gasteiger partial charge < -0.3 is 10.2 Å². The molecule has 2 heteroatoms. The quantitative estimate of drug-likeness (QED) is 0.877. The molecule has 1 aromatic rings. The number of anilines is 1. The zero-order chi connectivity index (χ0) is 13.0. The van der Waals surface area contributed by atoms with Gasteiger partial charge in [0.25, 0.3) is 0 Å². The van der Waals surface area contributed by atoms with Crippen LogP contribution in [0.25, 0.3) is 0 Å². The first-order chi connectivity index (χ1) is 8.70. The van der Waals surface area contributed by atoms with Gasteiger partial charge in [-0.05, 0) is 42.5 Å². The van der Waals surface area contributed by atoms with Gasteiger partial charge >= 0.3 is 0 Å². The Labute approximate surface area is 111 Å². The van der Waals surface area contributed by atoms with Crippen molar-refractivity contribution in [2.75, 3.05) is 24.5 Å². The van der Waals surface area contributed by atoms with Gasteiger partial charge in [0.1, 0.15) is 0 Å². The Kier molecular flexibility index (Phi) is 4.65. The van der Waals surface area contributed by atoms with Gasteiger partial charge in [0, 0.05) is 25.3 Å². The average Bonchev–Trinajstić information content (AvgIpc) is 2.40. The maximum Gasteiger partial charge on any atom is 0.0366 e. The standard InChI is InChI=1S/C16H26N2/c1-4-17-11-15-5-7-16(8-6-15)18-10-9-13(2)14(3)12-18/h5-8,13-14,17H,4,9-12H2,1-3H3. The number of nitrogens with zero attached hydrogens (tertiary/aromatic N) is 1. The minimum Gasteiger partial charge on any atom is -0.371 e. The van der Waals surface area contributed by atoms with Gasteiger partial charge in [0.15, 0.2) is 0 Å². The minimum absolute atomic E-state index is 0.806. The lowest BCUT2D eigenvalue weighted by atomic mass is 9.88. The second-order valence-corrected chi connectivity index (χ2v) is 5.64. The lowest BCUT2D eigenvalue weighted by molar-refractivity contribution is 0.324. The van der Waals surface area contributed by atoms with E-state index < -0.39 is 0 Å². The molecule has 1 N–H and O–H groups in total. The van der Waals surface area contributed by atoms with Crippen LogP contribution in [-0.2, 0) is 6.54 Å². The van der Waals surface area contributed by atoms with Crippen LogP contribution in [0.4, 0.5) is 5.69 Å². The first-order valence-electron chi connectivity index (χ1n) is 7.25. The van der Waals surface area contributed by atoms with Gasteiger partial charge in [-0.15, -0.1) is 0 Å². The normalized spacial score (nSPS) is 24.3. The summed E-state index contributed by atoms with van der Waals surface area (Å²) in [4.78, 5) is 2.53. The van der Waals surface area contributed by atoms with Crippen LogP contribution < -0.4 is 10.2 Å². The second kappa shape index (κ2) is 6.24. The van der Waals surface area contributed by atoms with Gasteiger partial charge in [-0.25, -0.2) is 0 Å². The van der Waals surface area contributed by atoms with E-state index in [1.165, 1.54) is 30.8 Å². The van der Waals surface area contributed by atoms with Gasteiger partial charge in [-0.3, -0.25) is 0 Å². The maximum atomic E-state index is 3.36. The highest BCUT2D eigenvalue weighted by Crippen LogP contribution is 2.27. The molecule has 18 heavy (non-hydrogen) atoms. The molecule has 0 saturated carbocycles. The van der Waals surface area contributed by atoms with E-state index in [-0.39, 0.29) is 0 Å². The van der Waals surface area contributed by atoms with E-state index in [1.54, 1.807) is 0 Å². The van der Waals surface area contributed by atoms with Crippen molar-refractivity contribution < 1.29 is 0 Å². The summed E-state index contributed by atoms with van der Waals surface area (Å²) in [6.45, 7) is 11.3. The molecule has 1 saturated heterocycles. The monoisotopic (exact) mass is 246 g/mol. The molecule has 2 nitrogen and oxygen atoms in total. The van der Waals surface area contributed by atoms with Crippen molar-refractivity contribution in [3.63, 3.8) is 0 Å². The van der Waals surface area contributed by atoms with Crippen molar-refractivity contribution in [3.8, 4) is 0 Å². The summed E-state index contributed by atoms with van der Waals surface area (Å²) in [6, 6.07) is 9.05. The van der Waals surface area contributed by atoms with Gasteiger partial charge in [-0.2, -0.15) is 0 Å². The summed E-state index contributed by atoms with van der Waals surface area (Å²) in [5.41, 5.74) is 2.76. The summed E-state index contributed by atoms with van der Waals surface area (Å²) in [5.74, 6) is 1.68.